The van der Waals surface area contributed by atoms with Crippen LogP contribution < -0.4 is 10.6 Å². The Balaban J connectivity index is 1.45. The number of fused-ring (bicyclic) bond motifs is 1. The monoisotopic (exact) mass is 423 g/mol. The molecule has 0 aliphatic heterocycles. The molecule has 0 atom stereocenters. The lowest BCUT2D eigenvalue weighted by molar-refractivity contribution is 0.620. The van der Waals surface area contributed by atoms with E-state index in [0.29, 0.717) is 11.0 Å². The Labute approximate surface area is 164 Å². The van der Waals surface area contributed by atoms with Crippen LogP contribution in [0.5, 0.6) is 0 Å². The Morgan fingerprint density at radius 3 is 2.12 bits per heavy atom. The SMILES string of the molecule is S=C(Nc1ccc(Br)cc1)Nc1ccc(-c2nc3ccccc3o2)cc1. The van der Waals surface area contributed by atoms with Crippen LogP contribution in [0.2, 0.25) is 0 Å². The number of rotatable bonds is 3. The van der Waals surface area contributed by atoms with E-state index in [1.165, 1.54) is 0 Å². The summed E-state index contributed by atoms with van der Waals surface area (Å²) in [7, 11) is 0. The van der Waals surface area contributed by atoms with Gasteiger partial charge in [-0.05, 0) is 72.9 Å². The van der Waals surface area contributed by atoms with Gasteiger partial charge in [0.05, 0.1) is 0 Å². The van der Waals surface area contributed by atoms with Crippen molar-refractivity contribution in [2.45, 2.75) is 0 Å². The number of nitrogens with zero attached hydrogens (tertiary/aromatic N) is 1. The third kappa shape index (κ3) is 3.76. The zero-order valence-electron chi connectivity index (χ0n) is 13.6. The van der Waals surface area contributed by atoms with Crippen LogP contribution in [0.3, 0.4) is 0 Å². The molecule has 4 rings (SSSR count). The van der Waals surface area contributed by atoms with Gasteiger partial charge in [0.25, 0.3) is 0 Å². The molecular weight excluding hydrogens is 410 g/mol. The molecule has 4 aromatic rings. The summed E-state index contributed by atoms with van der Waals surface area (Å²) in [6.45, 7) is 0. The van der Waals surface area contributed by atoms with Gasteiger partial charge >= 0.3 is 0 Å². The van der Waals surface area contributed by atoms with Gasteiger partial charge in [-0.3, -0.25) is 0 Å². The van der Waals surface area contributed by atoms with E-state index in [9.17, 15) is 0 Å². The van der Waals surface area contributed by atoms with Crippen LogP contribution in [-0.4, -0.2) is 10.1 Å². The van der Waals surface area contributed by atoms with Crippen molar-refractivity contribution in [2.75, 3.05) is 10.6 Å². The topological polar surface area (TPSA) is 50.1 Å². The lowest BCUT2D eigenvalue weighted by Gasteiger charge is -2.10. The number of thiocarbonyl (C=S) groups is 1. The number of benzene rings is 3. The van der Waals surface area contributed by atoms with Crippen LogP contribution in [-0.2, 0) is 0 Å². The highest BCUT2D eigenvalue weighted by Gasteiger charge is 2.08. The van der Waals surface area contributed by atoms with Crippen LogP contribution in [0.1, 0.15) is 0 Å². The summed E-state index contributed by atoms with van der Waals surface area (Å²) >= 11 is 8.77. The van der Waals surface area contributed by atoms with Gasteiger partial charge in [0.2, 0.25) is 5.89 Å². The summed E-state index contributed by atoms with van der Waals surface area (Å²) in [5.74, 6) is 0.605. The summed E-state index contributed by atoms with van der Waals surface area (Å²) in [4.78, 5) is 4.51. The predicted molar refractivity (Wildman–Crippen MR) is 113 cm³/mol. The van der Waals surface area contributed by atoms with E-state index in [1.54, 1.807) is 0 Å². The second-order valence-corrected chi connectivity index (χ2v) is 6.97. The van der Waals surface area contributed by atoms with Crippen molar-refractivity contribution in [3.8, 4) is 11.5 Å². The maximum atomic E-state index is 5.79. The maximum absolute atomic E-state index is 5.79. The van der Waals surface area contributed by atoms with Gasteiger partial charge < -0.3 is 15.1 Å². The average molecular weight is 424 g/mol. The predicted octanol–water partition coefficient (Wildman–Crippen LogP) is 6.07. The molecule has 0 aliphatic carbocycles. The summed E-state index contributed by atoms with van der Waals surface area (Å²) in [5.41, 5.74) is 4.36. The van der Waals surface area contributed by atoms with Crippen LogP contribution in [0.15, 0.2) is 81.7 Å². The summed E-state index contributed by atoms with van der Waals surface area (Å²) in [5, 5.41) is 6.85. The van der Waals surface area contributed by atoms with Crippen LogP contribution >= 0.6 is 28.1 Å². The first-order valence-corrected chi connectivity index (χ1v) is 9.17. The molecule has 128 valence electrons. The molecule has 0 bridgehead atoms. The van der Waals surface area contributed by atoms with E-state index in [-0.39, 0.29) is 0 Å². The van der Waals surface area contributed by atoms with Gasteiger partial charge in [0.1, 0.15) is 5.52 Å². The normalized spacial score (nSPS) is 10.7. The Morgan fingerprint density at radius 1 is 0.846 bits per heavy atom. The van der Waals surface area contributed by atoms with Gasteiger partial charge in [-0.25, -0.2) is 4.98 Å². The molecule has 0 aliphatic rings. The lowest BCUT2D eigenvalue weighted by Crippen LogP contribution is -2.18. The quantitative estimate of drug-likeness (QED) is 0.391. The Bertz CT molecular complexity index is 1030. The van der Waals surface area contributed by atoms with Crippen LogP contribution in [0, 0.1) is 0 Å². The Hall–Kier alpha value is -2.70. The highest BCUT2D eigenvalue weighted by atomic mass is 79.9. The average Bonchev–Trinajstić information content (AvgIpc) is 3.08. The molecule has 3 aromatic carbocycles. The number of para-hydroxylation sites is 2. The minimum absolute atomic E-state index is 0.530. The fourth-order valence-electron chi connectivity index (χ4n) is 2.52. The molecule has 4 nitrogen and oxygen atoms in total. The third-order valence-corrected chi connectivity index (χ3v) is 4.52. The largest absolute Gasteiger partial charge is 0.436 e. The zero-order valence-corrected chi connectivity index (χ0v) is 16.0. The number of nitrogens with one attached hydrogen (secondary N) is 2. The van der Waals surface area contributed by atoms with Crippen molar-refractivity contribution in [3.63, 3.8) is 0 Å². The van der Waals surface area contributed by atoms with E-state index in [1.807, 2.05) is 72.8 Å². The second-order valence-electron chi connectivity index (χ2n) is 5.65. The van der Waals surface area contributed by atoms with E-state index >= 15 is 0 Å². The molecule has 26 heavy (non-hydrogen) atoms. The molecule has 1 aromatic heterocycles. The van der Waals surface area contributed by atoms with Crippen molar-refractivity contribution < 1.29 is 4.42 Å². The number of hydrogen-bond acceptors (Lipinski definition) is 3. The fourth-order valence-corrected chi connectivity index (χ4v) is 3.02. The van der Waals surface area contributed by atoms with Crippen molar-refractivity contribution in [1.29, 1.82) is 0 Å². The van der Waals surface area contributed by atoms with Crippen molar-refractivity contribution >= 4 is 55.7 Å². The lowest BCUT2D eigenvalue weighted by atomic mass is 10.2. The van der Waals surface area contributed by atoms with Crippen molar-refractivity contribution in [1.82, 2.24) is 4.98 Å². The fraction of sp³-hybridized carbons (Fsp3) is 0. The van der Waals surface area contributed by atoms with Gasteiger partial charge in [0, 0.05) is 21.4 Å². The van der Waals surface area contributed by atoms with Crippen LogP contribution in [0.25, 0.3) is 22.6 Å². The van der Waals surface area contributed by atoms with E-state index in [0.717, 1.165) is 32.5 Å². The molecule has 0 radical (unpaired) electrons. The molecule has 0 saturated carbocycles. The first-order chi connectivity index (χ1) is 12.7. The highest BCUT2D eigenvalue weighted by molar-refractivity contribution is 9.10. The minimum Gasteiger partial charge on any atom is -0.436 e. The molecule has 0 unspecified atom stereocenters. The number of oxazole rings is 1. The zero-order chi connectivity index (χ0) is 17.9. The van der Waals surface area contributed by atoms with E-state index in [4.69, 9.17) is 16.6 Å². The molecule has 2 N–H and O–H groups in total. The highest BCUT2D eigenvalue weighted by Crippen LogP contribution is 2.25. The minimum atomic E-state index is 0.530. The van der Waals surface area contributed by atoms with Crippen molar-refractivity contribution in [2.24, 2.45) is 0 Å². The third-order valence-electron chi connectivity index (χ3n) is 3.79. The van der Waals surface area contributed by atoms with Gasteiger partial charge in [-0.15, -0.1) is 0 Å². The van der Waals surface area contributed by atoms with Gasteiger partial charge in [-0.1, -0.05) is 28.1 Å². The van der Waals surface area contributed by atoms with E-state index in [2.05, 4.69) is 31.5 Å². The van der Waals surface area contributed by atoms with Crippen LogP contribution in [0.4, 0.5) is 11.4 Å². The number of hydrogen-bond donors (Lipinski definition) is 2. The Kier molecular flexibility index (Phi) is 4.69. The molecule has 0 spiro atoms. The Morgan fingerprint density at radius 2 is 1.46 bits per heavy atom. The standard InChI is InChI=1S/C20H14BrN3OS/c21-14-7-11-16(12-8-14)23-20(26)22-15-9-5-13(6-10-15)19-24-17-3-1-2-4-18(17)25-19/h1-12H,(H2,22,23,26). The van der Waals surface area contributed by atoms with E-state index < -0.39 is 0 Å². The molecule has 1 heterocycles. The van der Waals surface area contributed by atoms with Crippen molar-refractivity contribution in [3.05, 3.63) is 77.3 Å². The molecular formula is C20H14BrN3OS. The summed E-state index contributed by atoms with van der Waals surface area (Å²) < 4.78 is 6.81. The molecule has 6 heteroatoms. The smallest absolute Gasteiger partial charge is 0.227 e. The summed E-state index contributed by atoms with van der Waals surface area (Å²) in [6, 6.07) is 23.3. The molecule has 0 saturated heterocycles. The number of anilines is 2. The molecule has 0 fully saturated rings. The molecule has 0 amide bonds. The number of aromatic nitrogens is 1. The number of halogens is 1. The summed E-state index contributed by atoms with van der Waals surface area (Å²) in [6.07, 6.45) is 0. The van der Waals surface area contributed by atoms with Gasteiger partial charge in [-0.2, -0.15) is 0 Å². The first kappa shape index (κ1) is 16.8. The van der Waals surface area contributed by atoms with Gasteiger partial charge in [0.15, 0.2) is 10.7 Å². The first-order valence-electron chi connectivity index (χ1n) is 7.97. The maximum Gasteiger partial charge on any atom is 0.227 e. The second kappa shape index (κ2) is 7.27.